The van der Waals surface area contributed by atoms with Crippen LogP contribution in [0.2, 0.25) is 0 Å². The van der Waals surface area contributed by atoms with Crippen LogP contribution in [0.5, 0.6) is 17.2 Å². The first-order valence-corrected chi connectivity index (χ1v) is 9.44. The molecule has 1 amide bonds. The number of carbonyl (C=O) groups is 1. The second-order valence-corrected chi connectivity index (χ2v) is 7.22. The fourth-order valence-electron chi connectivity index (χ4n) is 3.51. The molecule has 1 saturated heterocycles. The lowest BCUT2D eigenvalue weighted by Gasteiger charge is -2.32. The molecule has 0 bridgehead atoms. The number of methoxy groups -OCH3 is 3. The van der Waals surface area contributed by atoms with Gasteiger partial charge in [0.15, 0.2) is 11.5 Å². The van der Waals surface area contributed by atoms with Gasteiger partial charge in [-0.05, 0) is 55.8 Å². The third-order valence-corrected chi connectivity index (χ3v) is 5.32. The molecule has 2 aliphatic rings. The predicted octanol–water partition coefficient (Wildman–Crippen LogP) is 2.25. The van der Waals surface area contributed by atoms with Crippen LogP contribution in [0.15, 0.2) is 12.1 Å². The Morgan fingerprint density at radius 1 is 1.04 bits per heavy atom. The van der Waals surface area contributed by atoms with Crippen molar-refractivity contribution in [3.63, 3.8) is 0 Å². The van der Waals surface area contributed by atoms with Gasteiger partial charge in [0, 0.05) is 19.1 Å². The highest BCUT2D eigenvalue weighted by Gasteiger charge is 2.26. The Hall–Kier alpha value is -1.95. The quantitative estimate of drug-likeness (QED) is 0.769. The molecule has 1 N–H and O–H groups in total. The number of hydrogen-bond acceptors (Lipinski definition) is 5. The molecule has 0 atom stereocenters. The highest BCUT2D eigenvalue weighted by molar-refractivity contribution is 5.79. The molecule has 0 aromatic heterocycles. The van der Waals surface area contributed by atoms with E-state index in [1.165, 1.54) is 12.8 Å². The SMILES string of the molecule is COc1cc(CC(=O)N2CCC(NCC3CC3)CC2)cc(OC)c1OC. The van der Waals surface area contributed by atoms with E-state index in [-0.39, 0.29) is 5.91 Å². The number of rotatable bonds is 8. The lowest BCUT2D eigenvalue weighted by atomic mass is 10.0. The Balaban J connectivity index is 1.56. The van der Waals surface area contributed by atoms with Gasteiger partial charge < -0.3 is 24.4 Å². The van der Waals surface area contributed by atoms with E-state index < -0.39 is 0 Å². The summed E-state index contributed by atoms with van der Waals surface area (Å²) in [5.74, 6) is 2.76. The molecule has 6 nitrogen and oxygen atoms in total. The summed E-state index contributed by atoms with van der Waals surface area (Å²) in [6.07, 6.45) is 5.16. The van der Waals surface area contributed by atoms with Crippen LogP contribution in [0.25, 0.3) is 0 Å². The van der Waals surface area contributed by atoms with Gasteiger partial charge in [-0.2, -0.15) is 0 Å². The maximum atomic E-state index is 12.7. The minimum atomic E-state index is 0.153. The summed E-state index contributed by atoms with van der Waals surface area (Å²) in [6, 6.07) is 4.26. The number of amides is 1. The Morgan fingerprint density at radius 2 is 1.65 bits per heavy atom. The lowest BCUT2D eigenvalue weighted by Crippen LogP contribution is -2.45. The zero-order chi connectivity index (χ0) is 18.5. The van der Waals surface area contributed by atoms with Crippen molar-refractivity contribution in [1.29, 1.82) is 0 Å². The fourth-order valence-corrected chi connectivity index (χ4v) is 3.51. The van der Waals surface area contributed by atoms with Gasteiger partial charge in [-0.25, -0.2) is 0 Å². The number of hydrogen-bond donors (Lipinski definition) is 1. The van der Waals surface area contributed by atoms with Crippen molar-refractivity contribution in [2.24, 2.45) is 5.92 Å². The highest BCUT2D eigenvalue weighted by Crippen LogP contribution is 2.38. The number of nitrogens with zero attached hydrogens (tertiary/aromatic N) is 1. The molecule has 1 aromatic rings. The number of nitrogens with one attached hydrogen (secondary N) is 1. The third kappa shape index (κ3) is 4.61. The van der Waals surface area contributed by atoms with E-state index in [1.54, 1.807) is 21.3 Å². The van der Waals surface area contributed by atoms with Crippen molar-refractivity contribution in [3.05, 3.63) is 17.7 Å². The first-order chi connectivity index (χ1) is 12.6. The molecule has 3 rings (SSSR count). The van der Waals surface area contributed by atoms with Crippen LogP contribution in [-0.4, -0.2) is 57.8 Å². The van der Waals surface area contributed by atoms with Crippen molar-refractivity contribution in [2.45, 2.75) is 38.1 Å². The van der Waals surface area contributed by atoms with E-state index in [0.717, 1.165) is 44.0 Å². The smallest absolute Gasteiger partial charge is 0.226 e. The Morgan fingerprint density at radius 3 is 2.15 bits per heavy atom. The number of carbonyl (C=O) groups excluding carboxylic acids is 1. The van der Waals surface area contributed by atoms with Crippen LogP contribution in [0.4, 0.5) is 0 Å². The van der Waals surface area contributed by atoms with Crippen molar-refractivity contribution >= 4 is 5.91 Å². The standard InChI is InChI=1S/C20H30N2O4/c1-24-17-10-15(11-18(25-2)20(17)26-3)12-19(23)22-8-6-16(7-9-22)21-13-14-4-5-14/h10-11,14,16,21H,4-9,12-13H2,1-3H3. The first-order valence-electron chi connectivity index (χ1n) is 9.44. The predicted molar refractivity (Wildman–Crippen MR) is 100 cm³/mol. The van der Waals surface area contributed by atoms with Crippen LogP contribution in [0, 0.1) is 5.92 Å². The zero-order valence-corrected chi connectivity index (χ0v) is 16.0. The maximum Gasteiger partial charge on any atom is 0.226 e. The van der Waals surface area contributed by atoms with Gasteiger partial charge >= 0.3 is 0 Å². The Bertz CT molecular complexity index is 597. The van der Waals surface area contributed by atoms with Crippen LogP contribution in [0.3, 0.4) is 0 Å². The molecule has 1 heterocycles. The first kappa shape index (κ1) is 18.8. The average Bonchev–Trinajstić information content (AvgIpc) is 3.50. The molecular weight excluding hydrogens is 332 g/mol. The minimum absolute atomic E-state index is 0.153. The molecule has 26 heavy (non-hydrogen) atoms. The molecule has 1 aromatic carbocycles. The van der Waals surface area contributed by atoms with Gasteiger partial charge in [0.25, 0.3) is 0 Å². The summed E-state index contributed by atoms with van der Waals surface area (Å²) >= 11 is 0. The van der Waals surface area contributed by atoms with E-state index in [2.05, 4.69) is 5.32 Å². The molecule has 1 aliphatic carbocycles. The maximum absolute atomic E-state index is 12.7. The number of ether oxygens (including phenoxy) is 3. The topological polar surface area (TPSA) is 60.0 Å². The summed E-state index contributed by atoms with van der Waals surface area (Å²) < 4.78 is 16.1. The van der Waals surface area contributed by atoms with Gasteiger partial charge in [0.05, 0.1) is 27.8 Å². The minimum Gasteiger partial charge on any atom is -0.493 e. The molecule has 0 unspecified atom stereocenters. The van der Waals surface area contributed by atoms with Crippen molar-refractivity contribution in [2.75, 3.05) is 41.0 Å². The largest absolute Gasteiger partial charge is 0.493 e. The van der Waals surface area contributed by atoms with E-state index in [0.29, 0.717) is 29.7 Å². The number of piperidine rings is 1. The summed E-state index contributed by atoms with van der Waals surface area (Å²) in [7, 11) is 4.75. The Labute approximate surface area is 155 Å². The normalized spacial score (nSPS) is 17.9. The van der Waals surface area contributed by atoms with E-state index in [4.69, 9.17) is 14.2 Å². The second-order valence-electron chi connectivity index (χ2n) is 7.22. The van der Waals surface area contributed by atoms with Crippen LogP contribution in [-0.2, 0) is 11.2 Å². The molecule has 1 aliphatic heterocycles. The molecule has 2 fully saturated rings. The van der Waals surface area contributed by atoms with Gasteiger partial charge in [-0.15, -0.1) is 0 Å². The number of benzene rings is 1. The average molecular weight is 362 g/mol. The van der Waals surface area contributed by atoms with E-state index in [9.17, 15) is 4.79 Å². The molecule has 0 spiro atoms. The van der Waals surface area contributed by atoms with Gasteiger partial charge in [0.2, 0.25) is 11.7 Å². The molecule has 0 radical (unpaired) electrons. The van der Waals surface area contributed by atoms with E-state index >= 15 is 0 Å². The third-order valence-electron chi connectivity index (χ3n) is 5.32. The van der Waals surface area contributed by atoms with Crippen molar-refractivity contribution in [3.8, 4) is 17.2 Å². The molecule has 6 heteroatoms. The summed E-state index contributed by atoms with van der Waals surface area (Å²) in [4.78, 5) is 14.7. The summed E-state index contributed by atoms with van der Waals surface area (Å²) in [5, 5.41) is 3.65. The molecule has 144 valence electrons. The monoisotopic (exact) mass is 362 g/mol. The van der Waals surface area contributed by atoms with Crippen LogP contribution in [0.1, 0.15) is 31.2 Å². The van der Waals surface area contributed by atoms with Gasteiger partial charge in [-0.1, -0.05) is 0 Å². The molecule has 1 saturated carbocycles. The highest BCUT2D eigenvalue weighted by atomic mass is 16.5. The zero-order valence-electron chi connectivity index (χ0n) is 16.0. The lowest BCUT2D eigenvalue weighted by molar-refractivity contribution is -0.131. The van der Waals surface area contributed by atoms with E-state index in [1.807, 2.05) is 17.0 Å². The number of likely N-dealkylation sites (tertiary alicyclic amines) is 1. The van der Waals surface area contributed by atoms with Gasteiger partial charge in [0.1, 0.15) is 0 Å². The summed E-state index contributed by atoms with van der Waals surface area (Å²) in [5.41, 5.74) is 0.874. The van der Waals surface area contributed by atoms with Crippen LogP contribution >= 0.6 is 0 Å². The second kappa shape index (κ2) is 8.62. The molecular formula is C20H30N2O4. The Kier molecular flexibility index (Phi) is 6.25. The van der Waals surface area contributed by atoms with Crippen molar-refractivity contribution < 1.29 is 19.0 Å². The fraction of sp³-hybridized carbons (Fsp3) is 0.650. The van der Waals surface area contributed by atoms with Crippen molar-refractivity contribution in [1.82, 2.24) is 10.2 Å². The van der Waals surface area contributed by atoms with Gasteiger partial charge in [-0.3, -0.25) is 4.79 Å². The summed E-state index contributed by atoms with van der Waals surface area (Å²) in [6.45, 7) is 2.79. The van der Waals surface area contributed by atoms with Crippen LogP contribution < -0.4 is 19.5 Å².